The molecule has 0 bridgehead atoms. The van der Waals surface area contributed by atoms with Crippen LogP contribution in [-0.4, -0.2) is 11.8 Å². The zero-order chi connectivity index (χ0) is 18.0. The number of carbonyl (C=O) groups excluding carboxylic acids is 2. The molecule has 26 heavy (non-hydrogen) atoms. The van der Waals surface area contributed by atoms with Gasteiger partial charge in [-0.1, -0.05) is 6.92 Å². The van der Waals surface area contributed by atoms with Crippen LogP contribution >= 0.6 is 11.3 Å². The molecule has 7 heteroatoms. The Kier molecular flexibility index (Phi) is 6.94. The van der Waals surface area contributed by atoms with Gasteiger partial charge in [-0.2, -0.15) is 0 Å². The van der Waals surface area contributed by atoms with Crippen LogP contribution in [0.4, 0.5) is 5.00 Å². The Bertz CT molecular complexity index is 802. The van der Waals surface area contributed by atoms with E-state index in [1.807, 2.05) is 36.0 Å². The first kappa shape index (κ1) is 20.6. The topological polar surface area (TPSA) is 76.1 Å². The fraction of sp³-hybridized carbons (Fsp3) is 0.421. The number of primary amides is 1. The predicted octanol–water partition coefficient (Wildman–Crippen LogP) is -0.399. The lowest BCUT2D eigenvalue weighted by atomic mass is 9.88. The Morgan fingerprint density at radius 3 is 2.69 bits per heavy atom. The molecule has 140 valence electrons. The Morgan fingerprint density at radius 2 is 2.04 bits per heavy atom. The second-order valence-electron chi connectivity index (χ2n) is 6.83. The van der Waals surface area contributed by atoms with E-state index in [1.54, 1.807) is 0 Å². The first-order valence-electron chi connectivity index (χ1n) is 8.64. The molecule has 1 atom stereocenters. The molecule has 3 rings (SSSR count). The molecule has 0 fully saturated rings. The van der Waals surface area contributed by atoms with E-state index in [9.17, 15) is 9.59 Å². The second kappa shape index (κ2) is 8.77. The van der Waals surface area contributed by atoms with E-state index < -0.39 is 5.91 Å². The van der Waals surface area contributed by atoms with Crippen molar-refractivity contribution in [3.8, 4) is 0 Å². The first-order chi connectivity index (χ1) is 11.9. The second-order valence-corrected chi connectivity index (χ2v) is 7.94. The highest BCUT2D eigenvalue weighted by Crippen LogP contribution is 2.39. The summed E-state index contributed by atoms with van der Waals surface area (Å²) >= 11 is 1.51. The maximum atomic E-state index is 12.3. The van der Waals surface area contributed by atoms with Crippen LogP contribution in [0.5, 0.6) is 0 Å². The Labute approximate surface area is 168 Å². The number of rotatable bonds is 5. The normalized spacial score (nSPS) is 15.7. The molecule has 2 amide bonds. The molecule has 0 aromatic carbocycles. The monoisotopic (exact) mass is 437 g/mol. The Hall–Kier alpha value is -1.73. The standard InChI is InChI=1S/C19H23N3O2S.BrH/c1-12-5-8-22(9-6-12)10-7-16(23)21-19-17(18(20)24)14-4-3-13(2)11-15(14)25-19;/h5-6,8-9,13H,3-4,7,10-11H2,1-2H3,(H2-,20,21,23,24);1H. The number of hydrogen-bond donors (Lipinski definition) is 2. The maximum absolute atomic E-state index is 12.3. The molecule has 2 heterocycles. The molecule has 0 saturated heterocycles. The third-order valence-corrected chi connectivity index (χ3v) is 5.84. The summed E-state index contributed by atoms with van der Waals surface area (Å²) in [5.41, 5.74) is 8.33. The van der Waals surface area contributed by atoms with Gasteiger partial charge in [-0.05, 0) is 43.2 Å². The number of aromatic nitrogens is 1. The van der Waals surface area contributed by atoms with Gasteiger partial charge in [0.15, 0.2) is 18.9 Å². The minimum atomic E-state index is -0.449. The number of nitrogens with zero attached hydrogens (tertiary/aromatic N) is 1. The summed E-state index contributed by atoms with van der Waals surface area (Å²) in [7, 11) is 0. The van der Waals surface area contributed by atoms with Gasteiger partial charge >= 0.3 is 0 Å². The van der Waals surface area contributed by atoms with Gasteiger partial charge in [-0.3, -0.25) is 9.59 Å². The number of hydrogen-bond acceptors (Lipinski definition) is 3. The van der Waals surface area contributed by atoms with E-state index in [-0.39, 0.29) is 22.9 Å². The zero-order valence-electron chi connectivity index (χ0n) is 15.0. The highest BCUT2D eigenvalue weighted by Gasteiger charge is 2.27. The molecular formula is C19H24BrN3O2S. The quantitative estimate of drug-likeness (QED) is 0.624. The van der Waals surface area contributed by atoms with Crippen LogP contribution in [0.1, 0.15) is 46.1 Å². The van der Waals surface area contributed by atoms with Crippen LogP contribution in [0.25, 0.3) is 0 Å². The molecule has 0 saturated carbocycles. The van der Waals surface area contributed by atoms with Crippen LogP contribution in [0.3, 0.4) is 0 Å². The first-order valence-corrected chi connectivity index (χ1v) is 9.45. The molecule has 0 aliphatic heterocycles. The van der Waals surface area contributed by atoms with Crippen LogP contribution in [0.15, 0.2) is 24.5 Å². The van der Waals surface area contributed by atoms with E-state index in [0.29, 0.717) is 29.4 Å². The van der Waals surface area contributed by atoms with Gasteiger partial charge in [0, 0.05) is 17.0 Å². The number of nitrogens with one attached hydrogen (secondary N) is 1. The third kappa shape index (κ3) is 4.71. The lowest BCUT2D eigenvalue weighted by Gasteiger charge is -2.18. The van der Waals surface area contributed by atoms with Crippen molar-refractivity contribution >= 4 is 28.2 Å². The van der Waals surface area contributed by atoms with Gasteiger partial charge in [0.25, 0.3) is 5.91 Å². The van der Waals surface area contributed by atoms with Crippen LogP contribution in [0, 0.1) is 12.8 Å². The van der Waals surface area contributed by atoms with Crippen molar-refractivity contribution < 1.29 is 31.1 Å². The van der Waals surface area contributed by atoms with Crippen molar-refractivity contribution in [2.45, 2.75) is 46.1 Å². The van der Waals surface area contributed by atoms with E-state index in [4.69, 9.17) is 5.73 Å². The smallest absolute Gasteiger partial charge is 0.251 e. The molecular weight excluding hydrogens is 414 g/mol. The average molecular weight is 438 g/mol. The van der Waals surface area contributed by atoms with Crippen LogP contribution in [0.2, 0.25) is 0 Å². The molecule has 1 unspecified atom stereocenters. The van der Waals surface area contributed by atoms with Crippen molar-refractivity contribution in [1.29, 1.82) is 0 Å². The Balaban J connectivity index is 0.00000243. The van der Waals surface area contributed by atoms with Crippen LogP contribution < -0.4 is 32.6 Å². The van der Waals surface area contributed by atoms with Gasteiger partial charge in [0.1, 0.15) is 5.00 Å². The van der Waals surface area contributed by atoms with Crippen LogP contribution in [-0.2, 0) is 24.2 Å². The number of amides is 2. The summed E-state index contributed by atoms with van der Waals surface area (Å²) in [6.45, 7) is 4.84. The summed E-state index contributed by atoms with van der Waals surface area (Å²) < 4.78 is 1.97. The highest BCUT2D eigenvalue weighted by atomic mass is 79.9. The summed E-state index contributed by atoms with van der Waals surface area (Å²) in [6.07, 6.45) is 7.15. The summed E-state index contributed by atoms with van der Waals surface area (Å²) in [5, 5.41) is 3.53. The number of nitrogens with two attached hydrogens (primary N) is 1. The van der Waals surface area contributed by atoms with Gasteiger partial charge in [-0.25, -0.2) is 4.57 Å². The lowest BCUT2D eigenvalue weighted by Crippen LogP contribution is -3.00. The third-order valence-electron chi connectivity index (χ3n) is 4.67. The Morgan fingerprint density at radius 1 is 1.35 bits per heavy atom. The molecule has 3 N–H and O–H groups in total. The molecule has 0 radical (unpaired) electrons. The van der Waals surface area contributed by atoms with E-state index in [2.05, 4.69) is 12.2 Å². The van der Waals surface area contributed by atoms with Crippen molar-refractivity contribution in [3.05, 3.63) is 46.1 Å². The largest absolute Gasteiger partial charge is 1.00 e. The number of thiophene rings is 1. The number of carbonyl (C=O) groups is 2. The fourth-order valence-electron chi connectivity index (χ4n) is 3.20. The molecule has 1 aliphatic carbocycles. The number of aryl methyl sites for hydroxylation is 2. The van der Waals surface area contributed by atoms with Crippen molar-refractivity contribution in [2.75, 3.05) is 5.32 Å². The molecule has 0 spiro atoms. The zero-order valence-corrected chi connectivity index (χ0v) is 17.5. The van der Waals surface area contributed by atoms with Crippen molar-refractivity contribution in [2.24, 2.45) is 11.7 Å². The molecule has 2 aromatic rings. The van der Waals surface area contributed by atoms with E-state index >= 15 is 0 Å². The molecule has 2 aromatic heterocycles. The van der Waals surface area contributed by atoms with Gasteiger partial charge in [0.05, 0.1) is 12.0 Å². The minimum Gasteiger partial charge on any atom is -1.00 e. The van der Waals surface area contributed by atoms with E-state index in [1.165, 1.54) is 21.8 Å². The highest BCUT2D eigenvalue weighted by molar-refractivity contribution is 7.17. The molecule has 5 nitrogen and oxygen atoms in total. The SMILES string of the molecule is Cc1cc[n+](CCC(=O)Nc2sc3c(c2C(N)=O)CCC(C)C3)cc1.[Br-]. The lowest BCUT2D eigenvalue weighted by molar-refractivity contribution is -0.695. The van der Waals surface area contributed by atoms with Crippen molar-refractivity contribution in [3.63, 3.8) is 0 Å². The van der Waals surface area contributed by atoms with Gasteiger partial charge in [0.2, 0.25) is 5.91 Å². The molecule has 1 aliphatic rings. The summed E-state index contributed by atoms with van der Waals surface area (Å²) in [5.74, 6) is 0.0610. The number of pyridine rings is 1. The average Bonchev–Trinajstić information content (AvgIpc) is 2.91. The summed E-state index contributed by atoms with van der Waals surface area (Å²) in [4.78, 5) is 25.4. The fourth-order valence-corrected chi connectivity index (χ4v) is 4.63. The number of fused-ring (bicyclic) bond motifs is 1. The minimum absolute atomic E-state index is 0. The number of halogens is 1. The van der Waals surface area contributed by atoms with Gasteiger partial charge < -0.3 is 28.0 Å². The predicted molar refractivity (Wildman–Crippen MR) is 98.6 cm³/mol. The number of anilines is 1. The van der Waals surface area contributed by atoms with Gasteiger partial charge in [-0.15, -0.1) is 11.3 Å². The summed E-state index contributed by atoms with van der Waals surface area (Å²) in [6, 6.07) is 4.02. The van der Waals surface area contributed by atoms with Crippen molar-refractivity contribution in [1.82, 2.24) is 0 Å². The van der Waals surface area contributed by atoms with E-state index in [0.717, 1.165) is 24.8 Å². The maximum Gasteiger partial charge on any atom is 0.251 e.